The molecule has 0 spiro atoms. The second-order valence-electron chi connectivity index (χ2n) is 3.76. The van der Waals surface area contributed by atoms with Crippen molar-refractivity contribution in [3.63, 3.8) is 0 Å². The smallest absolute Gasteiger partial charge is 0.329 e. The molecule has 4 heteroatoms. The van der Waals surface area contributed by atoms with E-state index in [4.69, 9.17) is 9.47 Å². The normalized spacial score (nSPS) is 23.4. The number of carbonyl (C=O) groups excluding carboxylic acids is 1. The monoisotopic (exact) mass is 226 g/mol. The largest absolute Gasteiger partial charge is 0.466 e. The fourth-order valence-corrected chi connectivity index (χ4v) is 1.04. The highest BCUT2D eigenvalue weighted by atomic mass is 16.6. The zero-order valence-electron chi connectivity index (χ0n) is 9.61. The maximum Gasteiger partial charge on any atom is 0.329 e. The second kappa shape index (κ2) is 5.82. The van der Waals surface area contributed by atoms with Crippen LogP contribution in [0, 0.1) is 0 Å². The van der Waals surface area contributed by atoms with Crippen LogP contribution in [0.15, 0.2) is 25.3 Å². The minimum absolute atomic E-state index is 0.0476. The van der Waals surface area contributed by atoms with Gasteiger partial charge in [-0.3, -0.25) is 0 Å². The molecule has 1 heterocycles. The van der Waals surface area contributed by atoms with Gasteiger partial charge in [0.2, 0.25) is 0 Å². The summed E-state index contributed by atoms with van der Waals surface area (Å²) in [5.41, 5.74) is 0.0476. The SMILES string of the molecule is C=CC(=O)OC.C=CC1(OCC2CO2)CC1. The number of ether oxygens (including phenoxy) is 3. The third kappa shape index (κ3) is 4.59. The van der Waals surface area contributed by atoms with Gasteiger partial charge in [-0.25, -0.2) is 4.79 Å². The highest BCUT2D eigenvalue weighted by Crippen LogP contribution is 2.40. The van der Waals surface area contributed by atoms with Gasteiger partial charge in [0.1, 0.15) is 6.10 Å². The molecule has 0 radical (unpaired) electrons. The van der Waals surface area contributed by atoms with E-state index in [-0.39, 0.29) is 5.60 Å². The van der Waals surface area contributed by atoms with Crippen LogP contribution in [0.5, 0.6) is 0 Å². The van der Waals surface area contributed by atoms with Crippen LogP contribution in [-0.4, -0.2) is 38.0 Å². The third-order valence-electron chi connectivity index (χ3n) is 2.44. The molecule has 4 nitrogen and oxygen atoms in total. The van der Waals surface area contributed by atoms with Crippen molar-refractivity contribution in [1.82, 2.24) is 0 Å². The van der Waals surface area contributed by atoms with Crippen LogP contribution < -0.4 is 0 Å². The zero-order chi connectivity index (χ0) is 12.0. The first-order chi connectivity index (χ1) is 7.65. The highest BCUT2D eigenvalue weighted by Gasteiger charge is 2.42. The minimum atomic E-state index is -0.394. The number of epoxide rings is 1. The fraction of sp³-hybridized carbons (Fsp3) is 0.583. The van der Waals surface area contributed by atoms with Gasteiger partial charge in [-0.15, -0.1) is 6.58 Å². The molecule has 0 amide bonds. The lowest BCUT2D eigenvalue weighted by atomic mass is 10.3. The van der Waals surface area contributed by atoms with Crippen molar-refractivity contribution in [2.75, 3.05) is 20.3 Å². The molecule has 2 aliphatic rings. The van der Waals surface area contributed by atoms with Gasteiger partial charge in [-0.05, 0) is 12.8 Å². The van der Waals surface area contributed by atoms with Crippen LogP contribution >= 0.6 is 0 Å². The molecular weight excluding hydrogens is 208 g/mol. The van der Waals surface area contributed by atoms with E-state index in [0.29, 0.717) is 6.10 Å². The minimum Gasteiger partial charge on any atom is -0.466 e. The lowest BCUT2D eigenvalue weighted by Crippen LogP contribution is -2.14. The van der Waals surface area contributed by atoms with Gasteiger partial charge in [-0.1, -0.05) is 12.7 Å². The highest BCUT2D eigenvalue weighted by molar-refractivity contribution is 5.80. The molecule has 1 atom stereocenters. The summed E-state index contributed by atoms with van der Waals surface area (Å²) in [6.45, 7) is 8.52. The van der Waals surface area contributed by atoms with E-state index in [1.165, 1.54) is 7.11 Å². The molecule has 0 aromatic heterocycles. The molecular formula is C12H18O4. The van der Waals surface area contributed by atoms with Gasteiger partial charge in [0, 0.05) is 6.08 Å². The quantitative estimate of drug-likeness (QED) is 0.308. The van der Waals surface area contributed by atoms with Crippen LogP contribution in [0.3, 0.4) is 0 Å². The van der Waals surface area contributed by atoms with E-state index in [0.717, 1.165) is 32.1 Å². The first kappa shape index (κ1) is 12.9. The molecule has 0 N–H and O–H groups in total. The predicted octanol–water partition coefficient (Wildman–Crippen LogP) is 1.47. The number of rotatable bonds is 5. The molecule has 1 saturated carbocycles. The number of methoxy groups -OCH3 is 1. The summed E-state index contributed by atoms with van der Waals surface area (Å²) >= 11 is 0. The van der Waals surface area contributed by atoms with Crippen molar-refractivity contribution in [2.45, 2.75) is 24.5 Å². The van der Waals surface area contributed by atoms with Crippen LogP contribution in [0.25, 0.3) is 0 Å². The van der Waals surface area contributed by atoms with Crippen LogP contribution in [-0.2, 0) is 19.0 Å². The number of hydrogen-bond acceptors (Lipinski definition) is 4. The van der Waals surface area contributed by atoms with E-state index in [2.05, 4.69) is 17.9 Å². The Morgan fingerprint density at radius 2 is 2.19 bits per heavy atom. The molecule has 1 aliphatic carbocycles. The maximum absolute atomic E-state index is 9.84. The third-order valence-corrected chi connectivity index (χ3v) is 2.44. The average molecular weight is 226 g/mol. The van der Waals surface area contributed by atoms with Crippen LogP contribution in [0.4, 0.5) is 0 Å². The van der Waals surface area contributed by atoms with E-state index in [1.54, 1.807) is 0 Å². The summed E-state index contributed by atoms with van der Waals surface area (Å²) < 4.78 is 14.7. The summed E-state index contributed by atoms with van der Waals surface area (Å²) in [7, 11) is 1.31. The molecule has 90 valence electrons. The number of esters is 1. The molecule has 16 heavy (non-hydrogen) atoms. The summed E-state index contributed by atoms with van der Waals surface area (Å²) in [6, 6.07) is 0. The Bertz CT molecular complexity index is 264. The Balaban J connectivity index is 0.000000187. The van der Waals surface area contributed by atoms with Gasteiger partial charge in [0.25, 0.3) is 0 Å². The summed E-state index contributed by atoms with van der Waals surface area (Å²) in [5.74, 6) is -0.394. The molecule has 0 bridgehead atoms. The average Bonchev–Trinajstić information content (AvgIpc) is 3.19. The van der Waals surface area contributed by atoms with Gasteiger partial charge in [0.05, 0.1) is 25.9 Å². The second-order valence-corrected chi connectivity index (χ2v) is 3.76. The van der Waals surface area contributed by atoms with Gasteiger partial charge in [-0.2, -0.15) is 0 Å². The molecule has 2 rings (SSSR count). The first-order valence-corrected chi connectivity index (χ1v) is 5.25. The van der Waals surface area contributed by atoms with Crippen molar-refractivity contribution in [1.29, 1.82) is 0 Å². The van der Waals surface area contributed by atoms with Crippen LogP contribution in [0.1, 0.15) is 12.8 Å². The summed E-state index contributed by atoms with van der Waals surface area (Å²) in [5, 5.41) is 0. The predicted molar refractivity (Wildman–Crippen MR) is 60.1 cm³/mol. The van der Waals surface area contributed by atoms with Gasteiger partial charge < -0.3 is 14.2 Å². The van der Waals surface area contributed by atoms with Crippen molar-refractivity contribution in [2.24, 2.45) is 0 Å². The van der Waals surface area contributed by atoms with Crippen molar-refractivity contribution in [3.8, 4) is 0 Å². The summed E-state index contributed by atoms with van der Waals surface area (Å²) in [4.78, 5) is 9.84. The lowest BCUT2D eigenvalue weighted by molar-refractivity contribution is -0.134. The standard InChI is InChI=1S/C8H12O2.C4H6O2/c1-2-8(3-4-8)10-6-7-5-9-7;1-3-4(5)6-2/h2,7H,1,3-6H2;3H,1H2,2H3. The zero-order valence-corrected chi connectivity index (χ0v) is 9.61. The molecule has 0 aromatic rings. The summed E-state index contributed by atoms with van der Waals surface area (Å²) in [6.07, 6.45) is 5.69. The Hall–Kier alpha value is -1.13. The Morgan fingerprint density at radius 3 is 2.44 bits per heavy atom. The Morgan fingerprint density at radius 1 is 1.56 bits per heavy atom. The van der Waals surface area contributed by atoms with E-state index >= 15 is 0 Å². The van der Waals surface area contributed by atoms with Gasteiger partial charge >= 0.3 is 5.97 Å². The Kier molecular flexibility index (Phi) is 4.71. The molecule has 1 saturated heterocycles. The van der Waals surface area contributed by atoms with E-state index < -0.39 is 5.97 Å². The first-order valence-electron chi connectivity index (χ1n) is 5.25. The maximum atomic E-state index is 9.84. The fourth-order valence-electron chi connectivity index (χ4n) is 1.04. The number of hydrogen-bond donors (Lipinski definition) is 0. The van der Waals surface area contributed by atoms with Gasteiger partial charge in [0.15, 0.2) is 0 Å². The molecule has 1 unspecified atom stereocenters. The molecule has 1 aliphatic heterocycles. The van der Waals surface area contributed by atoms with Crippen molar-refractivity contribution in [3.05, 3.63) is 25.3 Å². The van der Waals surface area contributed by atoms with Crippen LogP contribution in [0.2, 0.25) is 0 Å². The van der Waals surface area contributed by atoms with E-state index in [9.17, 15) is 4.79 Å². The van der Waals surface area contributed by atoms with E-state index in [1.807, 2.05) is 6.08 Å². The lowest BCUT2D eigenvalue weighted by Gasteiger charge is -2.08. The Labute approximate surface area is 95.9 Å². The topological polar surface area (TPSA) is 48.1 Å². The molecule has 0 aromatic carbocycles. The van der Waals surface area contributed by atoms with Crippen molar-refractivity contribution >= 4 is 5.97 Å². The molecule has 2 fully saturated rings. The number of carbonyl (C=O) groups is 1. The van der Waals surface area contributed by atoms with Crippen molar-refractivity contribution < 1.29 is 19.0 Å².